The first-order chi connectivity index (χ1) is 15.5. The van der Waals surface area contributed by atoms with Crippen LogP contribution in [0, 0.1) is 17.7 Å². The predicted octanol–water partition coefficient (Wildman–Crippen LogP) is 6.48. The SMILES string of the molecule is COc1cc([C@@H](C)CC2CC[C@H](c3ccc(C(=O)CC4CCNCC4)cc3)C2)ccc1F. The van der Waals surface area contributed by atoms with Gasteiger partial charge in [-0.15, -0.1) is 0 Å². The lowest BCUT2D eigenvalue weighted by Crippen LogP contribution is -2.28. The van der Waals surface area contributed by atoms with Crippen molar-refractivity contribution in [3.8, 4) is 5.75 Å². The second-order valence-electron chi connectivity index (χ2n) is 9.85. The summed E-state index contributed by atoms with van der Waals surface area (Å²) >= 11 is 0. The Labute approximate surface area is 191 Å². The molecule has 3 atom stereocenters. The summed E-state index contributed by atoms with van der Waals surface area (Å²) < 4.78 is 18.9. The first-order valence-corrected chi connectivity index (χ1v) is 12.2. The van der Waals surface area contributed by atoms with Crippen LogP contribution in [0.3, 0.4) is 0 Å². The lowest BCUT2D eigenvalue weighted by Gasteiger charge is -2.21. The monoisotopic (exact) mass is 437 g/mol. The number of hydrogen-bond donors (Lipinski definition) is 1. The van der Waals surface area contributed by atoms with Crippen LogP contribution in [-0.4, -0.2) is 26.0 Å². The second-order valence-corrected chi connectivity index (χ2v) is 9.85. The van der Waals surface area contributed by atoms with E-state index in [9.17, 15) is 9.18 Å². The van der Waals surface area contributed by atoms with Crippen molar-refractivity contribution in [2.45, 2.75) is 63.7 Å². The molecule has 2 fully saturated rings. The number of halogens is 1. The molecule has 2 aromatic rings. The smallest absolute Gasteiger partial charge is 0.165 e. The molecule has 1 unspecified atom stereocenters. The van der Waals surface area contributed by atoms with Gasteiger partial charge in [0.2, 0.25) is 0 Å². The summed E-state index contributed by atoms with van der Waals surface area (Å²) in [6.07, 6.45) is 7.62. The fraction of sp³-hybridized carbons (Fsp3) is 0.536. The van der Waals surface area contributed by atoms with E-state index >= 15 is 0 Å². The third-order valence-corrected chi connectivity index (χ3v) is 7.61. The Morgan fingerprint density at radius 3 is 2.53 bits per heavy atom. The molecule has 3 nitrogen and oxygen atoms in total. The van der Waals surface area contributed by atoms with Crippen molar-refractivity contribution in [2.24, 2.45) is 11.8 Å². The quantitative estimate of drug-likeness (QED) is 0.480. The van der Waals surface area contributed by atoms with E-state index in [0.717, 1.165) is 43.5 Å². The van der Waals surface area contributed by atoms with E-state index in [4.69, 9.17) is 4.74 Å². The molecule has 32 heavy (non-hydrogen) atoms. The van der Waals surface area contributed by atoms with Crippen molar-refractivity contribution in [1.82, 2.24) is 5.32 Å². The minimum atomic E-state index is -0.304. The fourth-order valence-electron chi connectivity index (χ4n) is 5.62. The Hall–Kier alpha value is -2.20. The van der Waals surface area contributed by atoms with Crippen LogP contribution in [0.2, 0.25) is 0 Å². The van der Waals surface area contributed by atoms with Gasteiger partial charge in [-0.1, -0.05) is 37.3 Å². The van der Waals surface area contributed by atoms with Crippen molar-refractivity contribution in [3.63, 3.8) is 0 Å². The predicted molar refractivity (Wildman–Crippen MR) is 127 cm³/mol. The first kappa shape index (κ1) is 23.0. The fourth-order valence-corrected chi connectivity index (χ4v) is 5.62. The Morgan fingerprint density at radius 2 is 1.81 bits per heavy atom. The highest BCUT2D eigenvalue weighted by molar-refractivity contribution is 5.96. The number of Topliss-reactive ketones (excluding diaryl/α,β-unsaturated/α-hetero) is 1. The van der Waals surface area contributed by atoms with Crippen LogP contribution in [0.1, 0.15) is 85.2 Å². The summed E-state index contributed by atoms with van der Waals surface area (Å²) in [6.45, 7) is 4.29. The van der Waals surface area contributed by atoms with Crippen LogP contribution in [0.25, 0.3) is 0 Å². The van der Waals surface area contributed by atoms with Gasteiger partial charge in [-0.2, -0.15) is 0 Å². The minimum Gasteiger partial charge on any atom is -0.494 e. The topological polar surface area (TPSA) is 38.3 Å². The molecule has 4 rings (SSSR count). The van der Waals surface area contributed by atoms with E-state index < -0.39 is 0 Å². The maximum absolute atomic E-state index is 13.7. The van der Waals surface area contributed by atoms with Crippen molar-refractivity contribution in [2.75, 3.05) is 20.2 Å². The van der Waals surface area contributed by atoms with E-state index in [2.05, 4.69) is 24.4 Å². The molecular formula is C28H36FNO2. The summed E-state index contributed by atoms with van der Waals surface area (Å²) in [5, 5.41) is 3.37. The number of ether oxygens (including phenoxy) is 1. The number of methoxy groups -OCH3 is 1. The van der Waals surface area contributed by atoms with Gasteiger partial charge < -0.3 is 10.1 Å². The molecule has 1 N–H and O–H groups in total. The molecule has 1 aliphatic carbocycles. The number of hydrogen-bond acceptors (Lipinski definition) is 3. The van der Waals surface area contributed by atoms with E-state index in [1.807, 2.05) is 24.3 Å². The largest absolute Gasteiger partial charge is 0.494 e. The van der Waals surface area contributed by atoms with Crippen molar-refractivity contribution in [3.05, 3.63) is 65.0 Å². The first-order valence-electron chi connectivity index (χ1n) is 12.2. The van der Waals surface area contributed by atoms with Crippen LogP contribution < -0.4 is 10.1 Å². The molecule has 2 aromatic carbocycles. The maximum atomic E-state index is 13.7. The summed E-state index contributed by atoms with van der Waals surface area (Å²) in [5.74, 6) is 2.47. The van der Waals surface area contributed by atoms with Crippen LogP contribution >= 0.6 is 0 Å². The number of carbonyl (C=O) groups is 1. The Morgan fingerprint density at radius 1 is 1.06 bits per heavy atom. The Kier molecular flexibility index (Phi) is 7.62. The molecule has 1 saturated heterocycles. The van der Waals surface area contributed by atoms with Crippen molar-refractivity contribution < 1.29 is 13.9 Å². The zero-order valence-corrected chi connectivity index (χ0v) is 19.4. The summed E-state index contributed by atoms with van der Waals surface area (Å²) in [5.41, 5.74) is 3.37. The normalized spacial score (nSPS) is 22.6. The van der Waals surface area contributed by atoms with Crippen LogP contribution in [0.15, 0.2) is 42.5 Å². The standard InChI is InChI=1S/C28H36FNO2/c1-19(24-9-10-26(29)28(18-24)32-2)15-21-3-4-25(16-21)22-5-7-23(8-6-22)27(31)17-20-11-13-30-14-12-20/h5-10,18-21,25,30H,3-4,11-17H2,1-2H3/t19-,21?,25-/m0/s1. The molecule has 4 heteroatoms. The highest BCUT2D eigenvalue weighted by atomic mass is 19.1. The van der Waals surface area contributed by atoms with E-state index in [-0.39, 0.29) is 11.6 Å². The molecule has 0 amide bonds. The van der Waals surface area contributed by atoms with Gasteiger partial charge in [-0.25, -0.2) is 4.39 Å². The number of benzene rings is 2. The van der Waals surface area contributed by atoms with Gasteiger partial charge in [0.05, 0.1) is 7.11 Å². The molecule has 1 heterocycles. The summed E-state index contributed by atoms with van der Waals surface area (Å²) in [4.78, 5) is 12.7. The zero-order chi connectivity index (χ0) is 22.5. The van der Waals surface area contributed by atoms with Gasteiger partial charge >= 0.3 is 0 Å². The van der Waals surface area contributed by atoms with Crippen molar-refractivity contribution in [1.29, 1.82) is 0 Å². The minimum absolute atomic E-state index is 0.288. The molecule has 0 aromatic heterocycles. The van der Waals surface area contributed by atoms with Gasteiger partial charge in [0.15, 0.2) is 17.3 Å². The van der Waals surface area contributed by atoms with E-state index in [1.165, 1.54) is 38.0 Å². The molecule has 172 valence electrons. The van der Waals surface area contributed by atoms with Gasteiger partial charge in [0, 0.05) is 12.0 Å². The highest BCUT2D eigenvalue weighted by Crippen LogP contribution is 2.42. The highest BCUT2D eigenvalue weighted by Gasteiger charge is 2.28. The lowest BCUT2D eigenvalue weighted by atomic mass is 9.87. The number of ketones is 1. The number of carbonyl (C=O) groups excluding carboxylic acids is 1. The van der Waals surface area contributed by atoms with Gasteiger partial charge in [0.25, 0.3) is 0 Å². The molecule has 2 aliphatic rings. The molecule has 1 saturated carbocycles. The third kappa shape index (κ3) is 5.58. The maximum Gasteiger partial charge on any atom is 0.165 e. The molecular weight excluding hydrogens is 401 g/mol. The van der Waals surface area contributed by atoms with E-state index in [0.29, 0.717) is 35.8 Å². The summed E-state index contributed by atoms with van der Waals surface area (Å²) in [7, 11) is 1.51. The average molecular weight is 438 g/mol. The Bertz CT molecular complexity index is 904. The van der Waals surface area contributed by atoms with Gasteiger partial charge in [-0.05, 0) is 98.5 Å². The van der Waals surface area contributed by atoms with E-state index in [1.54, 1.807) is 0 Å². The third-order valence-electron chi connectivity index (χ3n) is 7.61. The number of nitrogens with one attached hydrogen (secondary N) is 1. The number of rotatable bonds is 8. The Balaban J connectivity index is 1.30. The zero-order valence-electron chi connectivity index (χ0n) is 19.4. The molecule has 0 radical (unpaired) electrons. The molecule has 0 spiro atoms. The second kappa shape index (κ2) is 10.6. The average Bonchev–Trinajstić information content (AvgIpc) is 3.28. The number of piperidine rings is 1. The van der Waals surface area contributed by atoms with Crippen molar-refractivity contribution >= 4 is 5.78 Å². The van der Waals surface area contributed by atoms with Gasteiger partial charge in [0.1, 0.15) is 0 Å². The molecule has 1 aliphatic heterocycles. The lowest BCUT2D eigenvalue weighted by molar-refractivity contribution is 0.0952. The van der Waals surface area contributed by atoms with Crippen LogP contribution in [0.5, 0.6) is 5.75 Å². The van der Waals surface area contributed by atoms with Crippen LogP contribution in [0.4, 0.5) is 4.39 Å². The molecule has 0 bridgehead atoms. The van der Waals surface area contributed by atoms with Gasteiger partial charge in [-0.3, -0.25) is 4.79 Å². The van der Waals surface area contributed by atoms with Crippen LogP contribution in [-0.2, 0) is 0 Å². The summed E-state index contributed by atoms with van der Waals surface area (Å²) in [6, 6.07) is 13.7.